The van der Waals surface area contributed by atoms with Gasteiger partial charge in [-0.1, -0.05) is 0 Å². The average molecular weight is 426 g/mol. The number of aromatic nitrogens is 1. The number of alkyl halides is 1. The summed E-state index contributed by atoms with van der Waals surface area (Å²) in [5.74, 6) is 0.727. The van der Waals surface area contributed by atoms with E-state index in [1.165, 1.54) is 0 Å². The van der Waals surface area contributed by atoms with Gasteiger partial charge < -0.3 is 29.5 Å². The van der Waals surface area contributed by atoms with E-state index in [1.54, 1.807) is 13.2 Å². The number of nitrogens with zero attached hydrogens (tertiary/aromatic N) is 2. The molecule has 1 aliphatic carbocycles. The van der Waals surface area contributed by atoms with Crippen molar-refractivity contribution in [2.45, 2.75) is 31.9 Å². The van der Waals surface area contributed by atoms with Crippen LogP contribution in [0.5, 0.6) is 5.88 Å². The molecule has 2 N–H and O–H groups in total. The molecule has 3 atom stereocenters. The first kappa shape index (κ1) is 22.7. The van der Waals surface area contributed by atoms with Crippen molar-refractivity contribution < 1.29 is 28.5 Å². The summed E-state index contributed by atoms with van der Waals surface area (Å²) in [4.78, 5) is 19.2. The molecule has 1 aromatic rings. The van der Waals surface area contributed by atoms with Crippen LogP contribution in [0.3, 0.4) is 0 Å². The minimum Gasteiger partial charge on any atom is -0.476 e. The molecular formula is C21H32FN3O5. The number of aliphatic hydroxyl groups excluding tert-OH is 1. The first-order chi connectivity index (χ1) is 14.5. The highest BCUT2D eigenvalue weighted by molar-refractivity contribution is 5.93. The molecule has 1 amide bonds. The minimum atomic E-state index is -0.415. The number of nitrogens with one attached hydrogen (secondary N) is 1. The zero-order valence-corrected chi connectivity index (χ0v) is 17.7. The summed E-state index contributed by atoms with van der Waals surface area (Å²) in [6.07, 6.45) is 1.48. The number of carbonyl (C=O) groups is 1. The highest BCUT2D eigenvalue weighted by Gasteiger charge is 2.37. The molecule has 9 heteroatoms. The number of methoxy groups -OCH3 is 1. The molecule has 30 heavy (non-hydrogen) atoms. The SMILES string of the molecule is COC1CN(c2ccc(C(=O)NC(C)COCCCF)nc2OC[C@H]2C[C@@H]2CO)C1. The lowest BCUT2D eigenvalue weighted by Crippen LogP contribution is -2.52. The maximum atomic E-state index is 12.6. The Bertz CT molecular complexity index is 701. The number of pyridine rings is 1. The molecule has 2 fully saturated rings. The van der Waals surface area contributed by atoms with Crippen LogP contribution in [0.1, 0.15) is 30.3 Å². The predicted molar refractivity (Wildman–Crippen MR) is 110 cm³/mol. The van der Waals surface area contributed by atoms with E-state index in [0.717, 1.165) is 25.2 Å². The van der Waals surface area contributed by atoms with Crippen molar-refractivity contribution in [3.05, 3.63) is 17.8 Å². The number of ether oxygens (including phenoxy) is 3. The Kier molecular flexibility index (Phi) is 8.24. The zero-order chi connectivity index (χ0) is 21.5. The van der Waals surface area contributed by atoms with Gasteiger partial charge in [0.15, 0.2) is 0 Å². The molecular weight excluding hydrogens is 393 g/mol. The Hall–Kier alpha value is -1.97. The van der Waals surface area contributed by atoms with Gasteiger partial charge >= 0.3 is 0 Å². The van der Waals surface area contributed by atoms with Gasteiger partial charge in [0.1, 0.15) is 11.4 Å². The second-order valence-electron chi connectivity index (χ2n) is 8.02. The fourth-order valence-electron chi connectivity index (χ4n) is 3.37. The van der Waals surface area contributed by atoms with Crippen molar-refractivity contribution in [1.82, 2.24) is 10.3 Å². The van der Waals surface area contributed by atoms with Crippen molar-refractivity contribution in [2.75, 3.05) is 58.2 Å². The van der Waals surface area contributed by atoms with Gasteiger partial charge in [0, 0.05) is 39.5 Å². The van der Waals surface area contributed by atoms with E-state index in [-0.39, 0.29) is 30.4 Å². The Balaban J connectivity index is 1.61. The fourth-order valence-corrected chi connectivity index (χ4v) is 3.37. The molecule has 3 rings (SSSR count). The molecule has 1 aromatic heterocycles. The Morgan fingerprint density at radius 2 is 2.20 bits per heavy atom. The predicted octanol–water partition coefficient (Wildman–Crippen LogP) is 1.42. The molecule has 0 radical (unpaired) electrons. The maximum absolute atomic E-state index is 12.6. The van der Waals surface area contributed by atoms with Gasteiger partial charge in [0.05, 0.1) is 26.0 Å². The molecule has 1 saturated heterocycles. The molecule has 8 nitrogen and oxygen atoms in total. The van der Waals surface area contributed by atoms with E-state index < -0.39 is 6.67 Å². The van der Waals surface area contributed by atoms with Gasteiger partial charge in [-0.3, -0.25) is 9.18 Å². The van der Waals surface area contributed by atoms with Gasteiger partial charge in [0.2, 0.25) is 5.88 Å². The van der Waals surface area contributed by atoms with Crippen LogP contribution in [-0.4, -0.2) is 81.4 Å². The summed E-state index contributed by atoms with van der Waals surface area (Å²) in [6, 6.07) is 3.31. The third kappa shape index (κ3) is 6.02. The monoisotopic (exact) mass is 425 g/mol. The third-order valence-electron chi connectivity index (χ3n) is 5.50. The smallest absolute Gasteiger partial charge is 0.270 e. The normalized spacial score (nSPS) is 21.8. The standard InChI is InChI=1S/C21H32FN3O5/c1-14(12-29-7-3-6-22)23-20(27)18-4-5-19(25-9-17(10-25)28-2)21(24-18)30-13-16-8-15(16)11-26/h4-5,14-17,26H,3,6-13H2,1-2H3,(H,23,27)/t14?,15-,16-/m1/s1. The molecule has 1 unspecified atom stereocenters. The second kappa shape index (κ2) is 10.9. The Morgan fingerprint density at radius 1 is 1.40 bits per heavy atom. The number of amides is 1. The molecule has 2 aliphatic rings. The zero-order valence-electron chi connectivity index (χ0n) is 17.7. The first-order valence-corrected chi connectivity index (χ1v) is 10.5. The first-order valence-electron chi connectivity index (χ1n) is 10.5. The Labute approximate surface area is 176 Å². The molecule has 1 saturated carbocycles. The maximum Gasteiger partial charge on any atom is 0.270 e. The molecule has 1 aliphatic heterocycles. The number of hydrogen-bond acceptors (Lipinski definition) is 7. The van der Waals surface area contributed by atoms with E-state index in [4.69, 9.17) is 14.2 Å². The lowest BCUT2D eigenvalue weighted by atomic mass is 10.1. The quantitative estimate of drug-likeness (QED) is 0.462. The van der Waals surface area contributed by atoms with Crippen LogP contribution >= 0.6 is 0 Å². The second-order valence-corrected chi connectivity index (χ2v) is 8.02. The largest absolute Gasteiger partial charge is 0.476 e. The summed E-state index contributed by atoms with van der Waals surface area (Å²) < 4.78 is 28.8. The topological polar surface area (TPSA) is 93.2 Å². The summed E-state index contributed by atoms with van der Waals surface area (Å²) in [5.41, 5.74) is 1.10. The van der Waals surface area contributed by atoms with E-state index >= 15 is 0 Å². The van der Waals surface area contributed by atoms with Crippen LogP contribution in [0.25, 0.3) is 0 Å². The van der Waals surface area contributed by atoms with Crippen LogP contribution in [0, 0.1) is 11.8 Å². The van der Waals surface area contributed by atoms with E-state index in [1.807, 2.05) is 13.0 Å². The van der Waals surface area contributed by atoms with Crippen molar-refractivity contribution in [1.29, 1.82) is 0 Å². The molecule has 0 spiro atoms. The summed E-state index contributed by atoms with van der Waals surface area (Å²) >= 11 is 0. The minimum absolute atomic E-state index is 0.170. The van der Waals surface area contributed by atoms with Crippen LogP contribution in [0.15, 0.2) is 12.1 Å². The van der Waals surface area contributed by atoms with Gasteiger partial charge in [0.25, 0.3) is 5.91 Å². The number of carbonyl (C=O) groups excluding carboxylic acids is 1. The fraction of sp³-hybridized carbons (Fsp3) is 0.714. The number of rotatable bonds is 13. The van der Waals surface area contributed by atoms with Gasteiger partial charge in [-0.15, -0.1) is 0 Å². The van der Waals surface area contributed by atoms with Crippen molar-refractivity contribution in [3.63, 3.8) is 0 Å². The van der Waals surface area contributed by atoms with Crippen molar-refractivity contribution in [3.8, 4) is 5.88 Å². The number of hydrogen-bond donors (Lipinski definition) is 2. The molecule has 168 valence electrons. The lowest BCUT2D eigenvalue weighted by Gasteiger charge is -2.40. The molecule has 0 bridgehead atoms. The van der Waals surface area contributed by atoms with Gasteiger partial charge in [-0.2, -0.15) is 0 Å². The van der Waals surface area contributed by atoms with Crippen LogP contribution in [-0.2, 0) is 9.47 Å². The number of aliphatic hydroxyl groups is 1. The summed E-state index contributed by atoms with van der Waals surface area (Å²) in [7, 11) is 1.69. The van der Waals surface area contributed by atoms with Crippen molar-refractivity contribution >= 4 is 11.6 Å². The summed E-state index contributed by atoms with van der Waals surface area (Å²) in [5, 5.41) is 12.1. The molecule has 0 aromatic carbocycles. The molecule has 2 heterocycles. The number of anilines is 1. The Morgan fingerprint density at radius 3 is 2.87 bits per heavy atom. The van der Waals surface area contributed by atoms with Crippen molar-refractivity contribution in [2.24, 2.45) is 11.8 Å². The van der Waals surface area contributed by atoms with Gasteiger partial charge in [-0.25, -0.2) is 4.98 Å². The van der Waals surface area contributed by atoms with E-state index in [9.17, 15) is 14.3 Å². The number of halogens is 1. The lowest BCUT2D eigenvalue weighted by molar-refractivity contribution is 0.0781. The summed E-state index contributed by atoms with van der Waals surface area (Å²) in [6.45, 7) is 4.18. The van der Waals surface area contributed by atoms with Crippen LogP contribution < -0.4 is 15.0 Å². The third-order valence-corrected chi connectivity index (χ3v) is 5.50. The highest BCUT2D eigenvalue weighted by atomic mass is 19.1. The van der Waals surface area contributed by atoms with Gasteiger partial charge in [-0.05, 0) is 43.7 Å². The van der Waals surface area contributed by atoms with E-state index in [0.29, 0.717) is 44.0 Å². The van der Waals surface area contributed by atoms with Crippen LogP contribution in [0.2, 0.25) is 0 Å². The van der Waals surface area contributed by atoms with Crippen LogP contribution in [0.4, 0.5) is 10.1 Å². The average Bonchev–Trinajstić information content (AvgIpc) is 3.48. The highest BCUT2D eigenvalue weighted by Crippen LogP contribution is 2.39. The van der Waals surface area contributed by atoms with E-state index in [2.05, 4.69) is 15.2 Å².